The van der Waals surface area contributed by atoms with Crippen molar-refractivity contribution in [2.75, 3.05) is 13.1 Å². The van der Waals surface area contributed by atoms with E-state index in [0.29, 0.717) is 4.91 Å². The molecule has 0 atom stereocenters. The SMILES string of the molecule is Br.O=C1N=C(N2CCCC2)SC1=CC=Cc1ccccc1. The topological polar surface area (TPSA) is 32.7 Å². The molecule has 0 saturated carbocycles. The maximum atomic E-state index is 11.8. The Kier molecular flexibility index (Phi) is 5.82. The summed E-state index contributed by atoms with van der Waals surface area (Å²) in [5.41, 5.74) is 1.13. The fraction of sp³-hybridized carbons (Fsp3) is 0.250. The van der Waals surface area contributed by atoms with E-state index in [0.717, 1.165) is 23.8 Å². The number of carbonyl (C=O) groups excluding carboxylic acids is 1. The van der Waals surface area contributed by atoms with E-state index in [-0.39, 0.29) is 22.9 Å². The number of amides is 1. The number of likely N-dealkylation sites (tertiary alicyclic amines) is 1. The van der Waals surface area contributed by atoms with Crippen molar-refractivity contribution in [1.82, 2.24) is 4.90 Å². The Bertz CT molecular complexity index is 590. The molecule has 2 heterocycles. The van der Waals surface area contributed by atoms with E-state index in [9.17, 15) is 4.79 Å². The lowest BCUT2D eigenvalue weighted by Gasteiger charge is -2.14. The first kappa shape index (κ1) is 16.0. The average molecular weight is 365 g/mol. The van der Waals surface area contributed by atoms with Gasteiger partial charge in [0.15, 0.2) is 5.17 Å². The van der Waals surface area contributed by atoms with Crippen LogP contribution in [-0.2, 0) is 4.79 Å². The third-order valence-electron chi connectivity index (χ3n) is 3.32. The highest BCUT2D eigenvalue weighted by molar-refractivity contribution is 8.93. The van der Waals surface area contributed by atoms with Crippen LogP contribution >= 0.6 is 28.7 Å². The monoisotopic (exact) mass is 364 g/mol. The summed E-state index contributed by atoms with van der Waals surface area (Å²) >= 11 is 1.49. The molecule has 0 radical (unpaired) electrons. The number of amidine groups is 1. The van der Waals surface area contributed by atoms with Crippen LogP contribution in [0.15, 0.2) is 52.4 Å². The summed E-state index contributed by atoms with van der Waals surface area (Å²) in [6.45, 7) is 2.04. The van der Waals surface area contributed by atoms with Crippen LogP contribution in [-0.4, -0.2) is 29.1 Å². The number of benzene rings is 1. The van der Waals surface area contributed by atoms with Gasteiger partial charge < -0.3 is 4.90 Å². The van der Waals surface area contributed by atoms with Gasteiger partial charge in [0.2, 0.25) is 0 Å². The molecule has 1 saturated heterocycles. The molecule has 1 aromatic carbocycles. The van der Waals surface area contributed by atoms with Crippen molar-refractivity contribution in [2.24, 2.45) is 4.99 Å². The summed E-state index contributed by atoms with van der Waals surface area (Å²) in [6.07, 6.45) is 8.15. The molecule has 110 valence electrons. The second-order valence-electron chi connectivity index (χ2n) is 4.80. The summed E-state index contributed by atoms with van der Waals surface area (Å²) in [6, 6.07) is 10.0. The molecule has 1 amide bonds. The zero-order chi connectivity index (χ0) is 13.8. The number of allylic oxidation sites excluding steroid dienone is 2. The van der Waals surface area contributed by atoms with Crippen LogP contribution in [0.25, 0.3) is 6.08 Å². The molecule has 0 unspecified atom stereocenters. The number of hydrogen-bond acceptors (Lipinski definition) is 3. The van der Waals surface area contributed by atoms with Crippen molar-refractivity contribution >= 4 is 45.9 Å². The van der Waals surface area contributed by atoms with Gasteiger partial charge in [-0.05, 0) is 36.2 Å². The van der Waals surface area contributed by atoms with Crippen molar-refractivity contribution in [1.29, 1.82) is 0 Å². The molecule has 5 heteroatoms. The lowest BCUT2D eigenvalue weighted by Crippen LogP contribution is -2.23. The van der Waals surface area contributed by atoms with E-state index in [1.807, 2.05) is 48.6 Å². The molecule has 0 aromatic heterocycles. The fourth-order valence-corrected chi connectivity index (χ4v) is 3.18. The van der Waals surface area contributed by atoms with Gasteiger partial charge in [-0.2, -0.15) is 4.99 Å². The highest BCUT2D eigenvalue weighted by atomic mass is 79.9. The Morgan fingerprint density at radius 2 is 1.86 bits per heavy atom. The van der Waals surface area contributed by atoms with E-state index in [1.54, 1.807) is 0 Å². The molecule has 0 N–H and O–H groups in total. The normalized spacial score (nSPS) is 20.2. The second-order valence-corrected chi connectivity index (χ2v) is 5.81. The van der Waals surface area contributed by atoms with Crippen LogP contribution in [0.1, 0.15) is 18.4 Å². The fourth-order valence-electron chi connectivity index (χ4n) is 2.27. The predicted molar refractivity (Wildman–Crippen MR) is 94.7 cm³/mol. The van der Waals surface area contributed by atoms with Crippen LogP contribution in [0.4, 0.5) is 0 Å². The number of thioether (sulfide) groups is 1. The quantitative estimate of drug-likeness (QED) is 0.746. The van der Waals surface area contributed by atoms with Crippen LogP contribution in [0.2, 0.25) is 0 Å². The molecule has 0 aliphatic carbocycles. The molecule has 1 aromatic rings. The largest absolute Gasteiger partial charge is 0.351 e. The van der Waals surface area contributed by atoms with Gasteiger partial charge in [0.1, 0.15) is 0 Å². The van der Waals surface area contributed by atoms with Crippen LogP contribution < -0.4 is 0 Å². The Labute approximate surface area is 139 Å². The molecule has 3 nitrogen and oxygen atoms in total. The van der Waals surface area contributed by atoms with Gasteiger partial charge >= 0.3 is 0 Å². The number of nitrogens with zero attached hydrogens (tertiary/aromatic N) is 2. The van der Waals surface area contributed by atoms with Gasteiger partial charge in [-0.1, -0.05) is 42.5 Å². The molecule has 21 heavy (non-hydrogen) atoms. The Morgan fingerprint density at radius 1 is 1.14 bits per heavy atom. The van der Waals surface area contributed by atoms with Crippen molar-refractivity contribution in [3.63, 3.8) is 0 Å². The van der Waals surface area contributed by atoms with Gasteiger partial charge in [-0.25, -0.2) is 0 Å². The molecule has 1 fully saturated rings. The Morgan fingerprint density at radius 3 is 2.57 bits per heavy atom. The van der Waals surface area contributed by atoms with Crippen molar-refractivity contribution < 1.29 is 4.79 Å². The highest BCUT2D eigenvalue weighted by Crippen LogP contribution is 2.30. The van der Waals surface area contributed by atoms with Crippen molar-refractivity contribution in [3.8, 4) is 0 Å². The average Bonchev–Trinajstić information content (AvgIpc) is 3.10. The minimum atomic E-state index is -0.116. The first-order chi connectivity index (χ1) is 9.83. The number of rotatable bonds is 2. The first-order valence-corrected chi connectivity index (χ1v) is 7.64. The summed E-state index contributed by atoms with van der Waals surface area (Å²) in [7, 11) is 0. The van der Waals surface area contributed by atoms with Gasteiger partial charge in [0.25, 0.3) is 5.91 Å². The van der Waals surface area contributed by atoms with Gasteiger partial charge in [-0.15, -0.1) is 17.0 Å². The summed E-state index contributed by atoms with van der Waals surface area (Å²) in [4.78, 5) is 18.9. The highest BCUT2D eigenvalue weighted by Gasteiger charge is 2.26. The van der Waals surface area contributed by atoms with Gasteiger partial charge in [0, 0.05) is 13.1 Å². The van der Waals surface area contributed by atoms with Gasteiger partial charge in [-0.3, -0.25) is 4.79 Å². The molecule has 0 spiro atoms. The predicted octanol–water partition coefficient (Wildman–Crippen LogP) is 3.89. The van der Waals surface area contributed by atoms with E-state index in [1.165, 1.54) is 24.6 Å². The van der Waals surface area contributed by atoms with Crippen LogP contribution in [0.5, 0.6) is 0 Å². The smallest absolute Gasteiger partial charge is 0.286 e. The zero-order valence-electron chi connectivity index (χ0n) is 11.6. The van der Waals surface area contributed by atoms with E-state index < -0.39 is 0 Å². The lowest BCUT2D eigenvalue weighted by atomic mass is 10.2. The zero-order valence-corrected chi connectivity index (χ0v) is 14.1. The maximum Gasteiger partial charge on any atom is 0.286 e. The lowest BCUT2D eigenvalue weighted by molar-refractivity contribution is -0.113. The third kappa shape index (κ3) is 4.08. The van der Waals surface area contributed by atoms with E-state index in [2.05, 4.69) is 9.89 Å². The second kappa shape index (κ2) is 7.61. The Balaban J connectivity index is 0.00000161. The molecule has 0 bridgehead atoms. The molecule has 2 aliphatic heterocycles. The minimum absolute atomic E-state index is 0. The van der Waals surface area contributed by atoms with Crippen molar-refractivity contribution in [2.45, 2.75) is 12.8 Å². The van der Waals surface area contributed by atoms with Crippen molar-refractivity contribution in [3.05, 3.63) is 53.0 Å². The maximum absolute atomic E-state index is 11.8. The number of halogens is 1. The number of aliphatic imine (C=N–C) groups is 1. The van der Waals surface area contributed by atoms with E-state index >= 15 is 0 Å². The van der Waals surface area contributed by atoms with Crippen LogP contribution in [0, 0.1) is 0 Å². The molecular formula is C16H17BrN2OS. The Hall–Kier alpha value is -1.33. The first-order valence-electron chi connectivity index (χ1n) is 6.82. The minimum Gasteiger partial charge on any atom is -0.351 e. The molecule has 3 rings (SSSR count). The van der Waals surface area contributed by atoms with Gasteiger partial charge in [0.05, 0.1) is 4.91 Å². The summed E-state index contributed by atoms with van der Waals surface area (Å²) in [5, 5.41) is 0.867. The molecular weight excluding hydrogens is 348 g/mol. The number of carbonyl (C=O) groups is 1. The molecule has 2 aliphatic rings. The summed E-state index contributed by atoms with van der Waals surface area (Å²) in [5.74, 6) is -0.116. The third-order valence-corrected chi connectivity index (χ3v) is 4.38. The standard InChI is InChI=1S/C16H16N2OS.BrH/c19-15-14(10-6-9-13-7-2-1-3-8-13)20-16(17-15)18-11-4-5-12-18;/h1-3,6-10H,4-5,11-12H2;1H. The van der Waals surface area contributed by atoms with Crippen LogP contribution in [0.3, 0.4) is 0 Å². The summed E-state index contributed by atoms with van der Waals surface area (Å²) < 4.78 is 0. The number of hydrogen-bond donors (Lipinski definition) is 0. The van der Waals surface area contributed by atoms with E-state index in [4.69, 9.17) is 0 Å².